The van der Waals surface area contributed by atoms with Crippen LogP contribution in [0.2, 0.25) is 20.1 Å². The first-order valence-corrected chi connectivity index (χ1v) is 11.3. The van der Waals surface area contributed by atoms with Gasteiger partial charge in [-0.1, -0.05) is 58.5 Å². The van der Waals surface area contributed by atoms with Crippen LogP contribution in [0.1, 0.15) is 36.8 Å². The van der Waals surface area contributed by atoms with Crippen LogP contribution >= 0.6 is 46.4 Å². The highest BCUT2D eigenvalue weighted by atomic mass is 35.5. The van der Waals surface area contributed by atoms with Gasteiger partial charge in [0.25, 0.3) is 0 Å². The summed E-state index contributed by atoms with van der Waals surface area (Å²) in [7, 11) is 0. The first-order chi connectivity index (χ1) is 13.4. The molecule has 6 heteroatoms. The van der Waals surface area contributed by atoms with Crippen LogP contribution in [0.3, 0.4) is 0 Å². The molecule has 0 radical (unpaired) electrons. The molecule has 2 N–H and O–H groups in total. The van der Waals surface area contributed by atoms with Gasteiger partial charge in [0.05, 0.1) is 20.1 Å². The van der Waals surface area contributed by atoms with E-state index in [1.165, 1.54) is 25.7 Å². The predicted molar refractivity (Wildman–Crippen MR) is 122 cm³/mol. The van der Waals surface area contributed by atoms with Crippen molar-refractivity contribution in [2.75, 3.05) is 13.1 Å². The number of benzene rings is 2. The van der Waals surface area contributed by atoms with Crippen molar-refractivity contribution in [2.45, 2.75) is 38.8 Å². The van der Waals surface area contributed by atoms with E-state index in [1.807, 2.05) is 36.4 Å². The molecule has 0 unspecified atom stereocenters. The van der Waals surface area contributed by atoms with Gasteiger partial charge in [-0.05, 0) is 79.5 Å². The van der Waals surface area contributed by atoms with E-state index in [0.717, 1.165) is 37.3 Å². The second-order valence-corrected chi connectivity index (χ2v) is 9.42. The molecule has 1 aliphatic rings. The van der Waals surface area contributed by atoms with E-state index in [2.05, 4.69) is 4.90 Å². The van der Waals surface area contributed by atoms with Crippen LogP contribution in [0.25, 0.3) is 0 Å². The Morgan fingerprint density at radius 1 is 0.714 bits per heavy atom. The average molecular weight is 460 g/mol. The van der Waals surface area contributed by atoms with Gasteiger partial charge in [0, 0.05) is 19.6 Å². The maximum atomic E-state index is 6.23. The number of nitrogens with zero attached hydrogens (tertiary/aromatic N) is 1. The Labute approximate surface area is 187 Å². The zero-order valence-corrected chi connectivity index (χ0v) is 18.8. The van der Waals surface area contributed by atoms with E-state index >= 15 is 0 Å². The van der Waals surface area contributed by atoms with Gasteiger partial charge in [-0.3, -0.25) is 4.90 Å². The molecule has 0 heterocycles. The lowest BCUT2D eigenvalue weighted by atomic mass is 9.82. The molecule has 2 aromatic rings. The Balaban J connectivity index is 1.72. The van der Waals surface area contributed by atoms with Crippen molar-refractivity contribution in [2.24, 2.45) is 17.6 Å². The number of hydrogen-bond acceptors (Lipinski definition) is 2. The third-order valence-electron chi connectivity index (χ3n) is 5.60. The molecular formula is C22H26Cl4N2. The van der Waals surface area contributed by atoms with Crippen molar-refractivity contribution < 1.29 is 0 Å². The third kappa shape index (κ3) is 6.26. The van der Waals surface area contributed by atoms with Gasteiger partial charge in [-0.25, -0.2) is 0 Å². The molecule has 28 heavy (non-hydrogen) atoms. The van der Waals surface area contributed by atoms with E-state index in [4.69, 9.17) is 52.1 Å². The van der Waals surface area contributed by atoms with Crippen molar-refractivity contribution in [3.8, 4) is 0 Å². The predicted octanol–water partition coefficient (Wildman–Crippen LogP) is 7.07. The van der Waals surface area contributed by atoms with Gasteiger partial charge in [0.1, 0.15) is 0 Å². The quantitative estimate of drug-likeness (QED) is 0.479. The topological polar surface area (TPSA) is 29.3 Å². The first kappa shape index (κ1) is 22.2. The molecule has 2 nitrogen and oxygen atoms in total. The van der Waals surface area contributed by atoms with Crippen molar-refractivity contribution >= 4 is 46.4 Å². The van der Waals surface area contributed by atoms with E-state index in [-0.39, 0.29) is 0 Å². The average Bonchev–Trinajstić information content (AvgIpc) is 2.68. The zero-order chi connectivity index (χ0) is 20.1. The van der Waals surface area contributed by atoms with Crippen molar-refractivity contribution in [3.05, 3.63) is 67.6 Å². The van der Waals surface area contributed by atoms with Crippen LogP contribution in [0.5, 0.6) is 0 Å². The summed E-state index contributed by atoms with van der Waals surface area (Å²) < 4.78 is 0. The van der Waals surface area contributed by atoms with Gasteiger partial charge < -0.3 is 5.73 Å². The highest BCUT2D eigenvalue weighted by Gasteiger charge is 2.22. The molecule has 1 saturated carbocycles. The normalized spacial score (nSPS) is 19.9. The van der Waals surface area contributed by atoms with E-state index < -0.39 is 0 Å². The zero-order valence-electron chi connectivity index (χ0n) is 15.8. The smallest absolute Gasteiger partial charge is 0.0595 e. The SMILES string of the molecule is NCC1CCC(CN(Cc2ccc(Cl)c(Cl)c2)Cc2ccc(Cl)c(Cl)c2)CC1. The van der Waals surface area contributed by atoms with E-state index in [1.54, 1.807) is 0 Å². The Morgan fingerprint density at radius 2 is 1.18 bits per heavy atom. The lowest BCUT2D eigenvalue weighted by Crippen LogP contribution is -2.32. The number of rotatable bonds is 7. The van der Waals surface area contributed by atoms with Crippen LogP contribution in [-0.2, 0) is 13.1 Å². The third-order valence-corrected chi connectivity index (χ3v) is 7.07. The van der Waals surface area contributed by atoms with Gasteiger partial charge in [-0.15, -0.1) is 0 Å². The summed E-state index contributed by atoms with van der Waals surface area (Å²) in [6.45, 7) is 3.47. The Morgan fingerprint density at radius 3 is 1.61 bits per heavy atom. The van der Waals surface area contributed by atoms with Crippen LogP contribution in [0.15, 0.2) is 36.4 Å². The van der Waals surface area contributed by atoms with Gasteiger partial charge in [0.2, 0.25) is 0 Å². The van der Waals surface area contributed by atoms with Crippen molar-refractivity contribution in [1.29, 1.82) is 0 Å². The monoisotopic (exact) mass is 458 g/mol. The van der Waals surface area contributed by atoms with Gasteiger partial charge in [-0.2, -0.15) is 0 Å². The molecule has 0 bridgehead atoms. The Bertz CT molecular complexity index is 735. The summed E-state index contributed by atoms with van der Waals surface area (Å²) in [5.41, 5.74) is 8.17. The maximum absolute atomic E-state index is 6.23. The fourth-order valence-electron chi connectivity index (χ4n) is 3.99. The fraction of sp³-hybridized carbons (Fsp3) is 0.455. The van der Waals surface area contributed by atoms with Crippen LogP contribution in [0, 0.1) is 11.8 Å². The number of nitrogens with two attached hydrogens (primary N) is 1. The summed E-state index contributed by atoms with van der Waals surface area (Å²) in [6.07, 6.45) is 4.94. The lowest BCUT2D eigenvalue weighted by Gasteiger charge is -2.32. The Kier molecular flexibility index (Phi) is 8.34. The van der Waals surface area contributed by atoms with Crippen molar-refractivity contribution in [1.82, 2.24) is 4.90 Å². The molecule has 0 aromatic heterocycles. The summed E-state index contributed by atoms with van der Waals surface area (Å²) in [4.78, 5) is 2.46. The van der Waals surface area contributed by atoms with Crippen LogP contribution in [-0.4, -0.2) is 18.0 Å². The fourth-order valence-corrected chi connectivity index (χ4v) is 4.63. The maximum Gasteiger partial charge on any atom is 0.0595 e. The molecule has 0 atom stereocenters. The molecule has 0 spiro atoms. The van der Waals surface area contributed by atoms with Crippen LogP contribution in [0.4, 0.5) is 0 Å². The highest BCUT2D eigenvalue weighted by molar-refractivity contribution is 6.42. The molecule has 1 aliphatic carbocycles. The van der Waals surface area contributed by atoms with Gasteiger partial charge in [0.15, 0.2) is 0 Å². The number of halogens is 4. The Hall–Kier alpha value is -0.480. The lowest BCUT2D eigenvalue weighted by molar-refractivity contribution is 0.170. The second kappa shape index (κ2) is 10.5. The summed E-state index contributed by atoms with van der Waals surface area (Å²) in [6, 6.07) is 11.7. The van der Waals surface area contributed by atoms with Gasteiger partial charge >= 0.3 is 0 Å². The minimum atomic E-state index is 0.585. The standard InChI is InChI=1S/C22H26Cl4N2/c23-19-7-5-17(9-21(19)25)13-28(12-16-3-1-15(11-27)2-4-16)14-18-6-8-20(24)22(26)10-18/h5-10,15-16H,1-4,11-14,27H2. The molecule has 3 rings (SSSR count). The molecule has 2 aromatic carbocycles. The molecule has 1 fully saturated rings. The second-order valence-electron chi connectivity index (χ2n) is 7.79. The van der Waals surface area contributed by atoms with Crippen molar-refractivity contribution in [3.63, 3.8) is 0 Å². The molecular weight excluding hydrogens is 434 g/mol. The molecule has 0 amide bonds. The number of hydrogen-bond donors (Lipinski definition) is 1. The molecule has 0 saturated heterocycles. The summed E-state index contributed by atoms with van der Waals surface area (Å²) in [5.74, 6) is 1.38. The molecule has 152 valence electrons. The first-order valence-electron chi connectivity index (χ1n) is 9.75. The summed E-state index contributed by atoms with van der Waals surface area (Å²) in [5, 5.41) is 2.36. The van der Waals surface area contributed by atoms with E-state index in [9.17, 15) is 0 Å². The minimum absolute atomic E-state index is 0.585. The van der Waals surface area contributed by atoms with Crippen LogP contribution < -0.4 is 5.73 Å². The van der Waals surface area contributed by atoms with E-state index in [0.29, 0.717) is 31.9 Å². The highest BCUT2D eigenvalue weighted by Crippen LogP contribution is 2.31. The summed E-state index contributed by atoms with van der Waals surface area (Å²) >= 11 is 24.6. The molecule has 0 aliphatic heterocycles. The minimum Gasteiger partial charge on any atom is -0.330 e. The largest absolute Gasteiger partial charge is 0.330 e.